The number of carbonyl (C=O) groups excluding carboxylic acids is 7. The number of aliphatic hydroxyl groups excluding tert-OH is 2. The summed E-state index contributed by atoms with van der Waals surface area (Å²) in [6, 6.07) is 12.7. The second kappa shape index (κ2) is 28.2. The number of ether oxygens (including phenoxy) is 1. The molecule has 33 heteroatoms. The van der Waals surface area contributed by atoms with E-state index >= 15 is 0 Å². The van der Waals surface area contributed by atoms with E-state index in [4.69, 9.17) is 36.3 Å². The number of amides is 6. The number of pyridine rings is 1. The van der Waals surface area contributed by atoms with Crippen LogP contribution in [0.3, 0.4) is 0 Å². The van der Waals surface area contributed by atoms with Crippen LogP contribution in [0.25, 0.3) is 43.4 Å². The molecule has 6 amide bonds. The molecule has 1 aliphatic rings. The molecule has 8 heterocycles. The number of carboxylic acid groups (broad SMARTS) is 1. The number of hydrogen-bond donors (Lipinski definition) is 11. The van der Waals surface area contributed by atoms with Crippen molar-refractivity contribution < 1.29 is 63.5 Å². The lowest BCUT2D eigenvalue weighted by molar-refractivity contribution is -0.157. The number of aliphatic hydroxyl groups is 2. The van der Waals surface area contributed by atoms with Crippen molar-refractivity contribution in [2.24, 2.45) is 17.4 Å². The second-order valence-corrected chi connectivity index (χ2v) is 26.2. The third-order valence-corrected chi connectivity index (χ3v) is 19.7. The zero-order valence-corrected chi connectivity index (χ0v) is 52.9. The Labute approximate surface area is 545 Å². The number of primary amides is 1. The molecule has 0 spiro atoms. The zero-order valence-electron chi connectivity index (χ0n) is 48.0. The molecule has 0 fully saturated rings. The number of esters is 1. The number of aromatic nitrogens is 7. The number of nitrogens with one attached hydrogen (secondary N) is 5. The Kier molecular flexibility index (Phi) is 20.0. The number of phenolic OH excluding ortho intramolecular Hbond substituents is 1. The molecular formula is C59H52N14O13S6. The number of nitrogens with two attached hydrogens (primary N) is 2. The molecule has 472 valence electrons. The van der Waals surface area contributed by atoms with Gasteiger partial charge in [0.2, 0.25) is 5.91 Å². The number of fused-ring (bicyclic) bond motifs is 14. The van der Waals surface area contributed by atoms with E-state index in [1.54, 1.807) is 79.2 Å². The van der Waals surface area contributed by atoms with E-state index in [0.29, 0.717) is 43.0 Å². The number of aromatic hydroxyl groups is 1. The Morgan fingerprint density at radius 3 is 2.12 bits per heavy atom. The molecule has 9 aromatic rings. The first-order chi connectivity index (χ1) is 44.0. The Bertz CT molecular complexity index is 4350. The Morgan fingerprint density at radius 1 is 0.707 bits per heavy atom. The van der Waals surface area contributed by atoms with Crippen molar-refractivity contribution >= 4 is 115 Å². The summed E-state index contributed by atoms with van der Waals surface area (Å²) >= 11 is 6.31. The first kappa shape index (κ1) is 65.2. The number of aliphatic carboxylic acids is 1. The molecule has 0 saturated carbocycles. The van der Waals surface area contributed by atoms with Gasteiger partial charge in [-0.25, -0.2) is 44.5 Å². The first-order valence-corrected chi connectivity index (χ1v) is 32.5. The van der Waals surface area contributed by atoms with Crippen LogP contribution in [0.5, 0.6) is 5.75 Å². The molecule has 0 radical (unpaired) electrons. The second-order valence-electron chi connectivity index (χ2n) is 20.4. The number of thiazole rings is 6. The van der Waals surface area contributed by atoms with Gasteiger partial charge >= 0.3 is 11.9 Å². The normalized spacial score (nSPS) is 18.3. The third-order valence-electron chi connectivity index (χ3n) is 14.0. The number of rotatable bonds is 13. The number of carboxylic acids is 1. The van der Waals surface area contributed by atoms with Gasteiger partial charge in [0.05, 0.1) is 42.7 Å². The SMILES string of the molecule is C=C(NC(=O)C(=C)NC(=O)c1csc(-c2ccc3c(n2)-c2csc(n2)-c2csc(n2)C(N)C(C)C(CO)OC(=O)C(Cc2ccc(O)cc2)NC(=O)c2csc(n2)C(C(O)c2ccccc2)NC(=O)c2nc(sc2C)C(CC(N)=O)NC(=O)c2cnc-3s2)n1)C(=O)O. The van der Waals surface area contributed by atoms with Gasteiger partial charge in [-0.15, -0.1) is 68.0 Å². The van der Waals surface area contributed by atoms with Crippen LogP contribution in [0.15, 0.2) is 119 Å². The summed E-state index contributed by atoms with van der Waals surface area (Å²) in [6.45, 7) is 9.31. The molecule has 0 saturated heterocycles. The van der Waals surface area contributed by atoms with Gasteiger partial charge in [0.15, 0.2) is 0 Å². The van der Waals surface area contributed by atoms with Crippen LogP contribution < -0.4 is 38.1 Å². The average Bonchev–Trinajstić information content (AvgIpc) is 1.65. The van der Waals surface area contributed by atoms with Gasteiger partial charge in [-0.1, -0.05) is 62.5 Å². The van der Waals surface area contributed by atoms with Crippen LogP contribution >= 0.6 is 68.0 Å². The smallest absolute Gasteiger partial charge is 0.351 e. The molecule has 10 rings (SSSR count). The van der Waals surface area contributed by atoms with Gasteiger partial charge in [0.1, 0.15) is 105 Å². The van der Waals surface area contributed by atoms with E-state index in [-0.39, 0.29) is 65.5 Å². The third kappa shape index (κ3) is 14.9. The van der Waals surface area contributed by atoms with Crippen LogP contribution in [0.4, 0.5) is 0 Å². The van der Waals surface area contributed by atoms with Crippen LogP contribution in [-0.2, 0) is 30.3 Å². The lowest BCUT2D eigenvalue weighted by Crippen LogP contribution is -2.46. The van der Waals surface area contributed by atoms with Crippen molar-refractivity contribution in [2.45, 2.75) is 63.1 Å². The fraction of sp³-hybridized carbons (Fsp3) is 0.203. The molecule has 7 unspecified atom stereocenters. The maximum Gasteiger partial charge on any atom is 0.351 e. The number of phenols is 1. The maximum atomic E-state index is 14.5. The largest absolute Gasteiger partial charge is 0.508 e. The number of cyclic esters (lactones) is 1. The van der Waals surface area contributed by atoms with Crippen LogP contribution in [0, 0.1) is 12.8 Å². The van der Waals surface area contributed by atoms with Crippen molar-refractivity contribution in [1.82, 2.24) is 61.5 Å². The fourth-order valence-electron chi connectivity index (χ4n) is 9.07. The Balaban J connectivity index is 1.02. The van der Waals surface area contributed by atoms with Gasteiger partial charge < -0.3 is 63.2 Å². The minimum atomic E-state index is -1.49. The average molecular weight is 1360 g/mol. The van der Waals surface area contributed by atoms with Crippen LogP contribution in [-0.4, -0.2) is 121 Å². The monoisotopic (exact) mass is 1360 g/mol. The molecule has 7 aromatic heterocycles. The van der Waals surface area contributed by atoms with Crippen molar-refractivity contribution in [3.8, 4) is 49.1 Å². The van der Waals surface area contributed by atoms with Crippen molar-refractivity contribution in [1.29, 1.82) is 0 Å². The molecule has 2 aromatic carbocycles. The van der Waals surface area contributed by atoms with Crippen LogP contribution in [0.2, 0.25) is 0 Å². The van der Waals surface area contributed by atoms with E-state index in [9.17, 15) is 53.7 Å². The van der Waals surface area contributed by atoms with E-state index in [0.717, 1.165) is 45.3 Å². The predicted molar refractivity (Wildman–Crippen MR) is 341 cm³/mol. The molecular weight excluding hydrogens is 1310 g/mol. The summed E-state index contributed by atoms with van der Waals surface area (Å²) < 4.78 is 5.97. The maximum absolute atomic E-state index is 14.5. The number of hydrogen-bond acceptors (Lipinski definition) is 26. The van der Waals surface area contributed by atoms with Gasteiger partial charge in [-0.2, -0.15) is 0 Å². The van der Waals surface area contributed by atoms with Gasteiger partial charge in [0, 0.05) is 44.3 Å². The predicted octanol–water partition coefficient (Wildman–Crippen LogP) is 5.91. The highest BCUT2D eigenvalue weighted by molar-refractivity contribution is 7.17. The zero-order chi connectivity index (χ0) is 65.7. The summed E-state index contributed by atoms with van der Waals surface area (Å²) in [5, 5.41) is 62.3. The van der Waals surface area contributed by atoms with Gasteiger partial charge in [-0.05, 0) is 42.3 Å². The van der Waals surface area contributed by atoms with E-state index in [1.165, 1.54) is 51.8 Å². The topological polar surface area (TPSA) is 429 Å². The highest BCUT2D eigenvalue weighted by atomic mass is 32.1. The Morgan fingerprint density at radius 2 is 1.39 bits per heavy atom. The quantitative estimate of drug-likeness (QED) is 0.0472. The van der Waals surface area contributed by atoms with E-state index < -0.39 is 114 Å². The molecule has 13 N–H and O–H groups in total. The minimum absolute atomic E-state index is 0.0495. The van der Waals surface area contributed by atoms with E-state index in [2.05, 4.69) is 54.4 Å². The van der Waals surface area contributed by atoms with Crippen LogP contribution in [0.1, 0.15) is 110 Å². The molecule has 10 bridgehead atoms. The molecule has 27 nitrogen and oxygen atoms in total. The number of carbonyl (C=O) groups is 8. The Hall–Kier alpha value is -9.71. The molecule has 92 heavy (non-hydrogen) atoms. The first-order valence-electron chi connectivity index (χ1n) is 27.3. The molecule has 1 aliphatic heterocycles. The standard InChI is InChI=1S/C59H52N14O13S6/c1-24-39(19-74)86-59(85)34(16-28-10-12-30(75)13-11-28)67-49(80)37-22-90-57(70-37)45(46(77)29-8-6-5-7-9-29)72-51(82)43-27(4)91-55(73-43)33(17-41(60)76)66-50(81)40-18-62-52(92-40)31-14-15-32(65-44(31)35-20-87-54(68-35)38-23-89-56(71-38)42(24)61)53-69-36(21-88-53)48(79)63-25(2)47(78)64-26(3)58(83)84/h5-15,18,20-24,33-34,39,42,45-46,74-75,77H,2-3,16-17,19,61H2,1,4H3,(H2,60,76)(H,63,79)(H,64,78)(H,66,81)(H,67,80)(H,72,82)(H,83,84). The summed E-state index contributed by atoms with van der Waals surface area (Å²) in [5.41, 5.74) is 13.5. The highest BCUT2D eigenvalue weighted by Crippen LogP contribution is 2.40. The van der Waals surface area contributed by atoms with Crippen molar-refractivity contribution in [3.63, 3.8) is 0 Å². The van der Waals surface area contributed by atoms with Gasteiger partial charge in [0.25, 0.3) is 29.5 Å². The summed E-state index contributed by atoms with van der Waals surface area (Å²) in [7, 11) is 0. The fourth-order valence-corrected chi connectivity index (χ4v) is 14.3. The lowest BCUT2D eigenvalue weighted by atomic mass is 9.96. The van der Waals surface area contributed by atoms with Crippen molar-refractivity contribution in [3.05, 3.63) is 172 Å². The molecule has 7 atom stereocenters. The number of aryl methyl sites for hydroxylation is 1. The lowest BCUT2D eigenvalue weighted by Gasteiger charge is -2.28. The van der Waals surface area contributed by atoms with E-state index in [1.807, 2.05) is 5.32 Å². The summed E-state index contributed by atoms with van der Waals surface area (Å²) in [5.74, 6) is -8.29. The summed E-state index contributed by atoms with van der Waals surface area (Å²) in [4.78, 5) is 140. The minimum Gasteiger partial charge on any atom is -0.508 e. The summed E-state index contributed by atoms with van der Waals surface area (Å²) in [6.07, 6.45) is -1.97. The van der Waals surface area contributed by atoms with Gasteiger partial charge in [-0.3, -0.25) is 28.8 Å². The number of nitrogens with zero attached hydrogens (tertiary/aromatic N) is 7. The molecule has 0 aliphatic carbocycles. The number of benzene rings is 2. The van der Waals surface area contributed by atoms with Crippen molar-refractivity contribution in [2.75, 3.05) is 6.61 Å². The highest BCUT2D eigenvalue weighted by Gasteiger charge is 2.36.